The third-order valence-electron chi connectivity index (χ3n) is 3.72. The van der Waals surface area contributed by atoms with Gasteiger partial charge in [-0.25, -0.2) is 9.59 Å². The van der Waals surface area contributed by atoms with E-state index >= 15 is 0 Å². The minimum atomic E-state index is -0.875. The number of amides is 2. The third-order valence-corrected chi connectivity index (χ3v) is 4.95. The van der Waals surface area contributed by atoms with Gasteiger partial charge in [0.2, 0.25) is 0 Å². The van der Waals surface area contributed by atoms with Crippen LogP contribution in [0.1, 0.15) is 33.1 Å². The zero-order chi connectivity index (χ0) is 14.0. The number of aliphatic carboxylic acids is 1. The highest BCUT2D eigenvalue weighted by atomic mass is 32.2. The number of rotatable bonds is 1. The Bertz CT molecular complexity index is 354. The lowest BCUT2D eigenvalue weighted by Gasteiger charge is -2.41. The van der Waals surface area contributed by atoms with Crippen LogP contribution < -0.4 is 0 Å². The largest absolute Gasteiger partial charge is 0.480 e. The van der Waals surface area contributed by atoms with E-state index in [1.807, 2.05) is 16.7 Å². The first-order valence-corrected chi connectivity index (χ1v) is 7.87. The number of urea groups is 1. The van der Waals surface area contributed by atoms with Gasteiger partial charge >= 0.3 is 12.0 Å². The monoisotopic (exact) mass is 286 g/mol. The lowest BCUT2D eigenvalue weighted by molar-refractivity contribution is -0.143. The highest BCUT2D eigenvalue weighted by molar-refractivity contribution is 8.00. The second kappa shape index (κ2) is 6.03. The van der Waals surface area contributed by atoms with Gasteiger partial charge in [0.25, 0.3) is 0 Å². The molecule has 3 atom stereocenters. The van der Waals surface area contributed by atoms with Crippen molar-refractivity contribution in [2.24, 2.45) is 0 Å². The van der Waals surface area contributed by atoms with Crippen LogP contribution in [0.5, 0.6) is 0 Å². The summed E-state index contributed by atoms with van der Waals surface area (Å²) in [5.74, 6) is -0.875. The van der Waals surface area contributed by atoms with Crippen LogP contribution in [0.4, 0.5) is 4.79 Å². The number of carboxylic acid groups (broad SMARTS) is 1. The van der Waals surface area contributed by atoms with E-state index < -0.39 is 12.0 Å². The Labute approximate surface area is 118 Å². The molecular formula is C13H22N2O3S. The number of carbonyl (C=O) groups is 2. The number of thioether (sulfide) groups is 1. The molecule has 0 aromatic carbocycles. The molecule has 0 radical (unpaired) electrons. The van der Waals surface area contributed by atoms with Gasteiger partial charge in [-0.2, -0.15) is 11.8 Å². The average Bonchev–Trinajstić information content (AvgIpc) is 2.36. The quantitative estimate of drug-likeness (QED) is 0.799. The molecule has 1 N–H and O–H groups in total. The van der Waals surface area contributed by atoms with E-state index in [0.29, 0.717) is 23.5 Å². The van der Waals surface area contributed by atoms with Crippen LogP contribution in [0.2, 0.25) is 0 Å². The summed E-state index contributed by atoms with van der Waals surface area (Å²) in [7, 11) is 0. The van der Waals surface area contributed by atoms with Crippen molar-refractivity contribution in [1.29, 1.82) is 0 Å². The van der Waals surface area contributed by atoms with Crippen molar-refractivity contribution in [3.8, 4) is 0 Å². The maximum atomic E-state index is 12.5. The minimum Gasteiger partial charge on any atom is -0.480 e. The second-order valence-electron chi connectivity index (χ2n) is 5.49. The fourth-order valence-electron chi connectivity index (χ4n) is 2.93. The molecule has 0 aliphatic carbocycles. The van der Waals surface area contributed by atoms with Crippen molar-refractivity contribution in [1.82, 2.24) is 9.80 Å². The number of nitrogens with zero attached hydrogens (tertiary/aromatic N) is 2. The summed E-state index contributed by atoms with van der Waals surface area (Å²) in [5, 5.41) is 10.1. The van der Waals surface area contributed by atoms with Crippen molar-refractivity contribution in [2.75, 3.05) is 19.6 Å². The maximum Gasteiger partial charge on any atom is 0.326 e. The molecule has 2 aliphatic rings. The zero-order valence-corrected chi connectivity index (χ0v) is 12.4. The normalized spacial score (nSPS) is 32.2. The van der Waals surface area contributed by atoms with Gasteiger partial charge in [0, 0.05) is 30.1 Å². The maximum absolute atomic E-state index is 12.5. The fourth-order valence-corrected chi connectivity index (χ4v) is 4.26. The molecule has 19 heavy (non-hydrogen) atoms. The van der Waals surface area contributed by atoms with E-state index in [-0.39, 0.29) is 6.03 Å². The number of piperidine rings is 1. The molecule has 2 saturated heterocycles. The molecule has 0 saturated carbocycles. The molecule has 2 rings (SSSR count). The number of hydrogen-bond acceptors (Lipinski definition) is 3. The summed E-state index contributed by atoms with van der Waals surface area (Å²) in [6, 6.07) is -0.729. The van der Waals surface area contributed by atoms with Crippen LogP contribution in [0.3, 0.4) is 0 Å². The van der Waals surface area contributed by atoms with Crippen LogP contribution in [0, 0.1) is 0 Å². The Balaban J connectivity index is 2.06. The Kier molecular flexibility index (Phi) is 4.60. The van der Waals surface area contributed by atoms with Gasteiger partial charge in [0.1, 0.15) is 6.04 Å². The summed E-state index contributed by atoms with van der Waals surface area (Å²) in [4.78, 5) is 27.2. The predicted molar refractivity (Wildman–Crippen MR) is 75.5 cm³/mol. The Morgan fingerprint density at radius 2 is 1.79 bits per heavy atom. The van der Waals surface area contributed by atoms with Gasteiger partial charge in [-0.1, -0.05) is 13.8 Å². The molecule has 2 fully saturated rings. The first-order valence-electron chi connectivity index (χ1n) is 6.93. The second-order valence-corrected chi connectivity index (χ2v) is 7.37. The lowest BCUT2D eigenvalue weighted by Crippen LogP contribution is -2.56. The van der Waals surface area contributed by atoms with Crippen LogP contribution in [-0.2, 0) is 4.79 Å². The molecule has 0 bridgehead atoms. The summed E-state index contributed by atoms with van der Waals surface area (Å²) in [6.45, 7) is 6.24. The SMILES string of the molecule is CC1CN(C(=O)N2CCCCC2C(=O)O)CC(C)S1. The number of carbonyl (C=O) groups excluding carboxylic acids is 1. The van der Waals surface area contributed by atoms with Crippen molar-refractivity contribution in [3.63, 3.8) is 0 Å². The van der Waals surface area contributed by atoms with Gasteiger partial charge in [0.05, 0.1) is 0 Å². The molecule has 6 heteroatoms. The number of likely N-dealkylation sites (tertiary alicyclic amines) is 1. The van der Waals surface area contributed by atoms with E-state index in [9.17, 15) is 14.7 Å². The fraction of sp³-hybridized carbons (Fsp3) is 0.846. The van der Waals surface area contributed by atoms with Crippen molar-refractivity contribution < 1.29 is 14.7 Å². The summed E-state index contributed by atoms with van der Waals surface area (Å²) in [6.07, 6.45) is 2.38. The molecule has 108 valence electrons. The molecule has 0 spiro atoms. The zero-order valence-electron chi connectivity index (χ0n) is 11.5. The first kappa shape index (κ1) is 14.5. The lowest BCUT2D eigenvalue weighted by atomic mass is 10.0. The molecule has 2 heterocycles. The van der Waals surface area contributed by atoms with Crippen molar-refractivity contribution in [3.05, 3.63) is 0 Å². The summed E-state index contributed by atoms with van der Waals surface area (Å²) in [5.41, 5.74) is 0. The molecule has 0 aromatic rings. The standard InChI is InChI=1S/C13H22N2O3S/c1-9-7-14(8-10(2)19-9)13(18)15-6-4-3-5-11(15)12(16)17/h9-11H,3-8H2,1-2H3,(H,16,17). The molecule has 3 unspecified atom stereocenters. The van der Waals surface area contributed by atoms with Crippen LogP contribution in [0.25, 0.3) is 0 Å². The summed E-state index contributed by atoms with van der Waals surface area (Å²) >= 11 is 1.89. The third kappa shape index (κ3) is 3.35. The predicted octanol–water partition coefficient (Wildman–Crippen LogP) is 1.87. The molecule has 0 aromatic heterocycles. The molecular weight excluding hydrogens is 264 g/mol. The van der Waals surface area contributed by atoms with Crippen LogP contribution in [-0.4, -0.2) is 63.1 Å². The molecule has 2 amide bonds. The number of hydrogen-bond donors (Lipinski definition) is 1. The van der Waals surface area contributed by atoms with E-state index in [2.05, 4.69) is 13.8 Å². The Morgan fingerprint density at radius 3 is 2.37 bits per heavy atom. The Hall–Kier alpha value is -0.910. The highest BCUT2D eigenvalue weighted by Crippen LogP contribution is 2.27. The molecule has 5 nitrogen and oxygen atoms in total. The topological polar surface area (TPSA) is 60.9 Å². The Morgan fingerprint density at radius 1 is 1.16 bits per heavy atom. The number of carboxylic acids is 1. The summed E-state index contributed by atoms with van der Waals surface area (Å²) < 4.78 is 0. The average molecular weight is 286 g/mol. The van der Waals surface area contributed by atoms with Crippen molar-refractivity contribution >= 4 is 23.8 Å². The van der Waals surface area contributed by atoms with E-state index in [1.54, 1.807) is 4.90 Å². The van der Waals surface area contributed by atoms with Gasteiger partial charge < -0.3 is 14.9 Å². The van der Waals surface area contributed by atoms with E-state index in [1.165, 1.54) is 0 Å². The van der Waals surface area contributed by atoms with Crippen LogP contribution >= 0.6 is 11.8 Å². The van der Waals surface area contributed by atoms with E-state index in [0.717, 1.165) is 25.9 Å². The van der Waals surface area contributed by atoms with Crippen molar-refractivity contribution in [2.45, 2.75) is 49.7 Å². The minimum absolute atomic E-state index is 0.0916. The highest BCUT2D eigenvalue weighted by Gasteiger charge is 2.36. The van der Waals surface area contributed by atoms with Gasteiger partial charge in [0.15, 0.2) is 0 Å². The smallest absolute Gasteiger partial charge is 0.326 e. The first-order chi connectivity index (χ1) is 8.99. The van der Waals surface area contributed by atoms with E-state index in [4.69, 9.17) is 0 Å². The van der Waals surface area contributed by atoms with Gasteiger partial charge in [-0.15, -0.1) is 0 Å². The van der Waals surface area contributed by atoms with Crippen LogP contribution in [0.15, 0.2) is 0 Å². The van der Waals surface area contributed by atoms with Gasteiger partial charge in [-0.05, 0) is 19.3 Å². The van der Waals surface area contributed by atoms with Gasteiger partial charge in [-0.3, -0.25) is 0 Å². The molecule has 2 aliphatic heterocycles.